The molecule has 118 valence electrons. The lowest BCUT2D eigenvalue weighted by atomic mass is 10.1. The molecule has 3 rings (SSSR count). The number of aryl methyl sites for hydroxylation is 1. The Hall–Kier alpha value is -2.80. The highest BCUT2D eigenvalue weighted by molar-refractivity contribution is 7.17. The van der Waals surface area contributed by atoms with Gasteiger partial charge in [-0.05, 0) is 36.1 Å². The molecule has 0 fully saturated rings. The zero-order valence-electron chi connectivity index (χ0n) is 12.5. The van der Waals surface area contributed by atoms with Gasteiger partial charge in [-0.3, -0.25) is 9.59 Å². The molecule has 7 heteroatoms. The van der Waals surface area contributed by atoms with Crippen molar-refractivity contribution in [1.82, 2.24) is 4.98 Å². The molecule has 0 spiro atoms. The first-order valence-electron chi connectivity index (χ1n) is 6.79. The van der Waals surface area contributed by atoms with E-state index in [0.717, 1.165) is 5.56 Å². The van der Waals surface area contributed by atoms with E-state index in [0.29, 0.717) is 21.7 Å². The van der Waals surface area contributed by atoms with E-state index in [1.807, 2.05) is 13.0 Å². The molecular weight excluding hydrogens is 316 g/mol. The number of thiophene rings is 1. The van der Waals surface area contributed by atoms with Crippen LogP contribution in [0.15, 0.2) is 34.4 Å². The summed E-state index contributed by atoms with van der Waals surface area (Å²) in [6.45, 7) is 1.87. The van der Waals surface area contributed by atoms with Crippen molar-refractivity contribution in [1.29, 1.82) is 0 Å². The number of rotatable bonds is 3. The maximum absolute atomic E-state index is 12.5. The van der Waals surface area contributed by atoms with Crippen molar-refractivity contribution >= 4 is 33.1 Å². The van der Waals surface area contributed by atoms with Gasteiger partial charge in [-0.25, -0.2) is 0 Å². The molecule has 0 atom stereocenters. The molecule has 1 aromatic carbocycles. The zero-order valence-corrected chi connectivity index (χ0v) is 13.3. The summed E-state index contributed by atoms with van der Waals surface area (Å²) >= 11 is 1.25. The summed E-state index contributed by atoms with van der Waals surface area (Å²) in [4.78, 5) is 27.1. The van der Waals surface area contributed by atoms with Crippen molar-refractivity contribution in [3.05, 3.63) is 51.1 Å². The molecular formula is C16H14N2O4S. The number of aromatic amines is 1. The number of aromatic hydroxyl groups is 1. The van der Waals surface area contributed by atoms with E-state index < -0.39 is 11.5 Å². The number of hydrogen-bond donors (Lipinski definition) is 3. The maximum Gasteiger partial charge on any atom is 0.265 e. The van der Waals surface area contributed by atoms with Crippen molar-refractivity contribution in [2.45, 2.75) is 6.92 Å². The van der Waals surface area contributed by atoms with E-state index in [1.165, 1.54) is 18.4 Å². The van der Waals surface area contributed by atoms with Crippen LogP contribution >= 0.6 is 11.3 Å². The minimum atomic E-state index is -0.692. The summed E-state index contributed by atoms with van der Waals surface area (Å²) in [6.07, 6.45) is 0. The zero-order chi connectivity index (χ0) is 16.6. The van der Waals surface area contributed by atoms with E-state index in [-0.39, 0.29) is 11.3 Å². The Morgan fingerprint density at radius 2 is 2.13 bits per heavy atom. The van der Waals surface area contributed by atoms with Crippen molar-refractivity contribution in [3.63, 3.8) is 0 Å². The molecule has 6 nitrogen and oxygen atoms in total. The van der Waals surface area contributed by atoms with Gasteiger partial charge in [0, 0.05) is 0 Å². The van der Waals surface area contributed by atoms with Crippen molar-refractivity contribution in [3.8, 4) is 11.5 Å². The Bertz CT molecular complexity index is 958. The molecule has 0 radical (unpaired) electrons. The minimum absolute atomic E-state index is 0.316. The molecule has 0 bridgehead atoms. The van der Waals surface area contributed by atoms with E-state index >= 15 is 0 Å². The quantitative estimate of drug-likeness (QED) is 0.688. The van der Waals surface area contributed by atoms with Crippen LogP contribution in [0.5, 0.6) is 11.5 Å². The summed E-state index contributed by atoms with van der Waals surface area (Å²) in [7, 11) is 1.49. The molecule has 2 aromatic heterocycles. The van der Waals surface area contributed by atoms with Crippen molar-refractivity contribution in [2.24, 2.45) is 0 Å². The van der Waals surface area contributed by atoms with Gasteiger partial charge in [-0.1, -0.05) is 6.07 Å². The lowest BCUT2D eigenvalue weighted by Gasteiger charge is -2.11. The van der Waals surface area contributed by atoms with Gasteiger partial charge in [-0.2, -0.15) is 0 Å². The van der Waals surface area contributed by atoms with Gasteiger partial charge in [0.25, 0.3) is 11.5 Å². The van der Waals surface area contributed by atoms with Crippen LogP contribution in [-0.2, 0) is 0 Å². The number of benzene rings is 1. The van der Waals surface area contributed by atoms with Crippen LogP contribution in [0.1, 0.15) is 15.9 Å². The fourth-order valence-corrected chi connectivity index (χ4v) is 3.11. The SMILES string of the molecule is COc1ccc(C)cc1NC(=O)c1c(O)c2sccc2[nH]c1=O. The number of carbonyl (C=O) groups is 1. The minimum Gasteiger partial charge on any atom is -0.505 e. The molecule has 0 aliphatic heterocycles. The van der Waals surface area contributed by atoms with Crippen LogP contribution in [0.2, 0.25) is 0 Å². The fraction of sp³-hybridized carbons (Fsp3) is 0.125. The van der Waals surface area contributed by atoms with Crippen molar-refractivity contribution < 1.29 is 14.6 Å². The second kappa shape index (κ2) is 5.77. The number of anilines is 1. The lowest BCUT2D eigenvalue weighted by molar-refractivity contribution is 0.102. The molecule has 3 aromatic rings. The normalized spacial score (nSPS) is 10.7. The van der Waals surface area contributed by atoms with Gasteiger partial charge < -0.3 is 20.1 Å². The Balaban J connectivity index is 2.05. The first-order chi connectivity index (χ1) is 11.0. The third kappa shape index (κ3) is 2.66. The monoisotopic (exact) mass is 330 g/mol. The van der Waals surface area contributed by atoms with Gasteiger partial charge in [0.1, 0.15) is 11.3 Å². The lowest BCUT2D eigenvalue weighted by Crippen LogP contribution is -2.23. The highest BCUT2D eigenvalue weighted by Gasteiger charge is 2.21. The number of methoxy groups -OCH3 is 1. The standard InChI is InChI=1S/C16H14N2O4S/c1-8-3-4-11(22-2)10(7-8)18-16(21)12-13(19)14-9(5-6-23-14)17-15(12)20/h3-7H,1-2H3,(H,18,21)(H2,17,19,20). The Labute approximate surface area is 135 Å². The van der Waals surface area contributed by atoms with E-state index in [4.69, 9.17) is 4.74 Å². The summed E-state index contributed by atoms with van der Waals surface area (Å²) in [6, 6.07) is 6.96. The second-order valence-corrected chi connectivity index (χ2v) is 5.92. The van der Waals surface area contributed by atoms with Crippen LogP contribution in [0.25, 0.3) is 10.2 Å². The number of ether oxygens (including phenoxy) is 1. The van der Waals surface area contributed by atoms with Gasteiger partial charge in [0.2, 0.25) is 0 Å². The highest BCUT2D eigenvalue weighted by atomic mass is 32.1. The number of amides is 1. The second-order valence-electron chi connectivity index (χ2n) is 5.00. The predicted octanol–water partition coefficient (Wildman–Crippen LogP) is 2.86. The number of aromatic nitrogens is 1. The first kappa shape index (κ1) is 15.1. The third-order valence-corrected chi connectivity index (χ3v) is 4.34. The van der Waals surface area contributed by atoms with Crippen LogP contribution < -0.4 is 15.6 Å². The number of hydrogen-bond acceptors (Lipinski definition) is 5. The summed E-state index contributed by atoms with van der Waals surface area (Å²) in [5.41, 5.74) is 0.902. The van der Waals surface area contributed by atoms with Gasteiger partial charge in [0.05, 0.1) is 23.0 Å². The number of carbonyl (C=O) groups excluding carboxylic acids is 1. The largest absolute Gasteiger partial charge is 0.505 e. The van der Waals surface area contributed by atoms with E-state index in [1.54, 1.807) is 23.6 Å². The average molecular weight is 330 g/mol. The molecule has 3 N–H and O–H groups in total. The molecule has 0 aliphatic carbocycles. The fourth-order valence-electron chi connectivity index (χ4n) is 2.31. The molecule has 0 aliphatic rings. The Morgan fingerprint density at radius 3 is 2.87 bits per heavy atom. The summed E-state index contributed by atoms with van der Waals surface area (Å²) < 4.78 is 5.66. The van der Waals surface area contributed by atoms with Gasteiger partial charge in [0.15, 0.2) is 5.75 Å². The molecule has 0 saturated carbocycles. The number of fused-ring (bicyclic) bond motifs is 1. The van der Waals surface area contributed by atoms with Crippen LogP contribution in [0.4, 0.5) is 5.69 Å². The number of nitrogens with one attached hydrogen (secondary N) is 2. The number of H-pyrrole nitrogens is 1. The molecule has 1 amide bonds. The Morgan fingerprint density at radius 1 is 1.35 bits per heavy atom. The molecule has 23 heavy (non-hydrogen) atoms. The van der Waals surface area contributed by atoms with Gasteiger partial charge >= 0.3 is 0 Å². The third-order valence-electron chi connectivity index (χ3n) is 3.42. The van der Waals surface area contributed by atoms with Crippen LogP contribution in [-0.4, -0.2) is 23.1 Å². The summed E-state index contributed by atoms with van der Waals surface area (Å²) in [5.74, 6) is -0.539. The van der Waals surface area contributed by atoms with E-state index in [2.05, 4.69) is 10.3 Å². The number of pyridine rings is 1. The molecule has 2 heterocycles. The van der Waals surface area contributed by atoms with Gasteiger partial charge in [-0.15, -0.1) is 11.3 Å². The average Bonchev–Trinajstić information content (AvgIpc) is 2.96. The summed E-state index contributed by atoms with van der Waals surface area (Å²) in [5, 5.41) is 14.6. The first-order valence-corrected chi connectivity index (χ1v) is 7.67. The Kier molecular flexibility index (Phi) is 3.79. The maximum atomic E-state index is 12.5. The van der Waals surface area contributed by atoms with E-state index in [9.17, 15) is 14.7 Å². The predicted molar refractivity (Wildman–Crippen MR) is 89.8 cm³/mol. The molecule has 0 unspecified atom stereocenters. The van der Waals surface area contributed by atoms with Crippen LogP contribution in [0.3, 0.4) is 0 Å². The topological polar surface area (TPSA) is 91.4 Å². The van der Waals surface area contributed by atoms with Crippen LogP contribution in [0, 0.1) is 6.92 Å². The highest BCUT2D eigenvalue weighted by Crippen LogP contribution is 2.31. The molecule has 0 saturated heterocycles. The van der Waals surface area contributed by atoms with Crippen molar-refractivity contribution in [2.75, 3.05) is 12.4 Å². The smallest absolute Gasteiger partial charge is 0.265 e.